The largest absolute Gasteiger partial charge is 0.479 e. The number of aliphatic hydroxyl groups is 1. The summed E-state index contributed by atoms with van der Waals surface area (Å²) in [5, 5.41) is 18.8. The molecule has 1 rings (SSSR count). The number of carbonyl (C=O) groups is 1. The summed E-state index contributed by atoms with van der Waals surface area (Å²) in [7, 11) is 1.36. The molecule has 0 spiro atoms. The molecule has 2 N–H and O–H groups in total. The fraction of sp³-hybridized carbons (Fsp3) is 0.889. The summed E-state index contributed by atoms with van der Waals surface area (Å²) in [6, 6.07) is 0. The Morgan fingerprint density at radius 3 is 2.79 bits per heavy atom. The molecule has 5 nitrogen and oxygen atoms in total. The average Bonchev–Trinajstić information content (AvgIpc) is 2.19. The summed E-state index contributed by atoms with van der Waals surface area (Å²) in [5.41, 5.74) is -1.91. The van der Waals surface area contributed by atoms with Gasteiger partial charge in [0.05, 0.1) is 12.7 Å². The Bertz CT molecular complexity index is 199. The first-order valence-corrected chi connectivity index (χ1v) is 4.67. The first-order valence-electron chi connectivity index (χ1n) is 4.67. The molecule has 0 amide bonds. The molecule has 0 bridgehead atoms. The van der Waals surface area contributed by atoms with Crippen LogP contribution in [0.4, 0.5) is 0 Å². The zero-order valence-electron chi connectivity index (χ0n) is 8.23. The van der Waals surface area contributed by atoms with E-state index in [0.717, 1.165) is 12.8 Å². The minimum absolute atomic E-state index is 0.243. The highest BCUT2D eigenvalue weighted by molar-refractivity contribution is 5.78. The van der Waals surface area contributed by atoms with Crippen LogP contribution in [0, 0.1) is 0 Å². The molecule has 1 unspecified atom stereocenters. The maximum absolute atomic E-state index is 10.9. The van der Waals surface area contributed by atoms with E-state index in [1.807, 2.05) is 0 Å². The molecule has 0 aromatic heterocycles. The molecule has 0 saturated carbocycles. The molecule has 0 aromatic carbocycles. The molecule has 1 fully saturated rings. The van der Waals surface area contributed by atoms with E-state index < -0.39 is 17.7 Å². The molecule has 5 heteroatoms. The lowest BCUT2D eigenvalue weighted by Crippen LogP contribution is -2.55. The second kappa shape index (κ2) is 4.72. The van der Waals surface area contributed by atoms with Gasteiger partial charge in [-0.2, -0.15) is 0 Å². The van der Waals surface area contributed by atoms with Crippen LogP contribution in [0.1, 0.15) is 19.3 Å². The lowest BCUT2D eigenvalue weighted by molar-refractivity contribution is -0.191. The first-order chi connectivity index (χ1) is 6.61. The van der Waals surface area contributed by atoms with E-state index in [9.17, 15) is 9.90 Å². The average molecular weight is 204 g/mol. The Balaban J connectivity index is 2.69. The van der Waals surface area contributed by atoms with Gasteiger partial charge in [-0.25, -0.2) is 4.79 Å². The third-order valence-corrected chi connectivity index (χ3v) is 2.45. The fourth-order valence-electron chi connectivity index (χ4n) is 1.63. The molecule has 82 valence electrons. The van der Waals surface area contributed by atoms with Gasteiger partial charge >= 0.3 is 5.97 Å². The molecule has 0 aromatic rings. The predicted octanol–water partition coefficient (Wildman–Crippen LogP) is 0.0176. The Kier molecular flexibility index (Phi) is 3.86. The summed E-state index contributed by atoms with van der Waals surface area (Å²) < 4.78 is 9.96. The van der Waals surface area contributed by atoms with E-state index in [4.69, 9.17) is 14.6 Å². The van der Waals surface area contributed by atoms with Gasteiger partial charge in [-0.05, 0) is 19.3 Å². The molecule has 2 atom stereocenters. The maximum Gasteiger partial charge on any atom is 0.340 e. The van der Waals surface area contributed by atoms with Crippen molar-refractivity contribution < 1.29 is 24.5 Å². The SMILES string of the molecule is COC[C@](O)(C(=O)O)C1CCCCO1. The normalized spacial score (nSPS) is 26.9. The van der Waals surface area contributed by atoms with Crippen molar-refractivity contribution in [1.82, 2.24) is 0 Å². The van der Waals surface area contributed by atoms with Gasteiger partial charge in [-0.1, -0.05) is 0 Å². The van der Waals surface area contributed by atoms with E-state index in [2.05, 4.69) is 0 Å². The van der Waals surface area contributed by atoms with Crippen LogP contribution in [0.15, 0.2) is 0 Å². The molecule has 1 aliphatic heterocycles. The lowest BCUT2D eigenvalue weighted by Gasteiger charge is -2.34. The highest BCUT2D eigenvalue weighted by Crippen LogP contribution is 2.24. The van der Waals surface area contributed by atoms with Gasteiger partial charge in [0, 0.05) is 13.7 Å². The highest BCUT2D eigenvalue weighted by atomic mass is 16.5. The Hall–Kier alpha value is -0.650. The van der Waals surface area contributed by atoms with Crippen molar-refractivity contribution in [2.75, 3.05) is 20.3 Å². The number of hydrogen-bond donors (Lipinski definition) is 2. The number of carboxylic acids is 1. The number of carboxylic acid groups (broad SMARTS) is 1. The molecule has 1 aliphatic rings. The molecular formula is C9H16O5. The van der Waals surface area contributed by atoms with Gasteiger partial charge in [-0.15, -0.1) is 0 Å². The zero-order valence-corrected chi connectivity index (χ0v) is 8.23. The second-order valence-corrected chi connectivity index (χ2v) is 3.52. The van der Waals surface area contributed by atoms with Crippen LogP contribution in [0.2, 0.25) is 0 Å². The van der Waals surface area contributed by atoms with Crippen LogP contribution in [0.25, 0.3) is 0 Å². The van der Waals surface area contributed by atoms with Gasteiger partial charge < -0.3 is 19.7 Å². The number of aliphatic carboxylic acids is 1. The summed E-state index contributed by atoms with van der Waals surface area (Å²) in [6.45, 7) is 0.261. The quantitative estimate of drug-likeness (QED) is 0.675. The van der Waals surface area contributed by atoms with Crippen molar-refractivity contribution >= 4 is 5.97 Å². The Morgan fingerprint density at radius 1 is 1.64 bits per heavy atom. The van der Waals surface area contributed by atoms with Gasteiger partial charge in [0.1, 0.15) is 0 Å². The van der Waals surface area contributed by atoms with Crippen molar-refractivity contribution in [2.45, 2.75) is 31.0 Å². The smallest absolute Gasteiger partial charge is 0.340 e. The van der Waals surface area contributed by atoms with Crippen LogP contribution in [-0.2, 0) is 14.3 Å². The summed E-state index contributed by atoms with van der Waals surface area (Å²) in [6.07, 6.45) is 1.70. The lowest BCUT2D eigenvalue weighted by atomic mass is 9.92. The van der Waals surface area contributed by atoms with E-state index in [-0.39, 0.29) is 6.61 Å². The molecule has 0 aliphatic carbocycles. The topological polar surface area (TPSA) is 76.0 Å². The minimum Gasteiger partial charge on any atom is -0.479 e. The molecule has 14 heavy (non-hydrogen) atoms. The third kappa shape index (κ3) is 2.23. The highest BCUT2D eigenvalue weighted by Gasteiger charge is 2.45. The number of ether oxygens (including phenoxy) is 2. The van der Waals surface area contributed by atoms with Crippen LogP contribution in [0.3, 0.4) is 0 Å². The predicted molar refractivity (Wildman–Crippen MR) is 48.1 cm³/mol. The van der Waals surface area contributed by atoms with Gasteiger partial charge in [-0.3, -0.25) is 0 Å². The standard InChI is InChI=1S/C9H16O5/c1-13-6-9(12,8(10)11)7-4-2-3-5-14-7/h7,12H,2-6H2,1H3,(H,10,11)/t7?,9-/m1/s1. The summed E-state index contributed by atoms with van der Waals surface area (Å²) in [5.74, 6) is -1.29. The van der Waals surface area contributed by atoms with E-state index >= 15 is 0 Å². The first kappa shape index (κ1) is 11.4. The van der Waals surface area contributed by atoms with Crippen molar-refractivity contribution in [3.8, 4) is 0 Å². The fourth-order valence-corrected chi connectivity index (χ4v) is 1.63. The monoisotopic (exact) mass is 204 g/mol. The molecular weight excluding hydrogens is 188 g/mol. The minimum atomic E-state index is -1.91. The second-order valence-electron chi connectivity index (χ2n) is 3.52. The van der Waals surface area contributed by atoms with Gasteiger partial charge in [0.15, 0.2) is 0 Å². The van der Waals surface area contributed by atoms with Crippen LogP contribution in [0.5, 0.6) is 0 Å². The number of methoxy groups -OCH3 is 1. The molecule has 1 saturated heterocycles. The van der Waals surface area contributed by atoms with Crippen LogP contribution < -0.4 is 0 Å². The number of hydrogen-bond acceptors (Lipinski definition) is 4. The van der Waals surface area contributed by atoms with Crippen molar-refractivity contribution in [2.24, 2.45) is 0 Å². The Morgan fingerprint density at radius 2 is 2.36 bits per heavy atom. The molecule has 1 heterocycles. The summed E-state index contributed by atoms with van der Waals surface area (Å²) in [4.78, 5) is 10.9. The van der Waals surface area contributed by atoms with E-state index in [1.54, 1.807) is 0 Å². The maximum atomic E-state index is 10.9. The van der Waals surface area contributed by atoms with Gasteiger partial charge in [0.25, 0.3) is 0 Å². The van der Waals surface area contributed by atoms with Crippen molar-refractivity contribution in [3.05, 3.63) is 0 Å². The Labute approximate surface area is 82.6 Å². The van der Waals surface area contributed by atoms with E-state index in [0.29, 0.717) is 13.0 Å². The zero-order chi connectivity index (χ0) is 10.6. The van der Waals surface area contributed by atoms with Crippen LogP contribution in [-0.4, -0.2) is 48.2 Å². The molecule has 0 radical (unpaired) electrons. The third-order valence-electron chi connectivity index (χ3n) is 2.45. The van der Waals surface area contributed by atoms with Crippen LogP contribution >= 0.6 is 0 Å². The van der Waals surface area contributed by atoms with Crippen molar-refractivity contribution in [1.29, 1.82) is 0 Å². The number of rotatable bonds is 4. The summed E-state index contributed by atoms with van der Waals surface area (Å²) >= 11 is 0. The van der Waals surface area contributed by atoms with Crippen molar-refractivity contribution in [3.63, 3.8) is 0 Å². The van der Waals surface area contributed by atoms with Gasteiger partial charge in [0.2, 0.25) is 5.60 Å². The van der Waals surface area contributed by atoms with E-state index in [1.165, 1.54) is 7.11 Å².